The highest BCUT2D eigenvalue weighted by Crippen LogP contribution is 2.27. The summed E-state index contributed by atoms with van der Waals surface area (Å²) in [5.41, 5.74) is 1.85. The van der Waals surface area contributed by atoms with Crippen LogP contribution in [0.2, 0.25) is 0 Å². The quantitative estimate of drug-likeness (QED) is 0.780. The predicted octanol–water partition coefficient (Wildman–Crippen LogP) is 2.45. The van der Waals surface area contributed by atoms with Crippen LogP contribution >= 0.6 is 0 Å². The second-order valence-electron chi connectivity index (χ2n) is 6.94. The maximum absolute atomic E-state index is 13.1. The van der Waals surface area contributed by atoms with Crippen molar-refractivity contribution in [3.05, 3.63) is 29.3 Å². The molecule has 2 heterocycles. The van der Waals surface area contributed by atoms with E-state index in [1.807, 2.05) is 30.0 Å². The van der Waals surface area contributed by atoms with Gasteiger partial charge in [0.15, 0.2) is 0 Å². The summed E-state index contributed by atoms with van der Waals surface area (Å²) in [5, 5.41) is 0. The number of aliphatic imine (C=N–C) groups is 1. The lowest BCUT2D eigenvalue weighted by atomic mass is 9.96. The SMILES string of the molecule is C=NC(C)N(CC1CCN(C)CC1)C(=O)c1ccc2c(c1)CCO2. The second kappa shape index (κ2) is 7.34. The number of ether oxygens (including phenoxy) is 1. The molecule has 0 bridgehead atoms. The van der Waals surface area contributed by atoms with E-state index < -0.39 is 0 Å². The van der Waals surface area contributed by atoms with E-state index in [2.05, 4.69) is 23.7 Å². The van der Waals surface area contributed by atoms with Gasteiger partial charge < -0.3 is 14.5 Å². The summed E-state index contributed by atoms with van der Waals surface area (Å²) in [6.07, 6.45) is 2.92. The Morgan fingerprint density at radius 1 is 1.46 bits per heavy atom. The third-order valence-corrected chi connectivity index (χ3v) is 5.21. The average molecular weight is 329 g/mol. The number of piperidine rings is 1. The highest BCUT2D eigenvalue weighted by Gasteiger charge is 2.27. The molecule has 1 unspecified atom stereocenters. The average Bonchev–Trinajstić information content (AvgIpc) is 3.07. The van der Waals surface area contributed by atoms with Crippen LogP contribution in [0.25, 0.3) is 0 Å². The number of likely N-dealkylation sites (tertiary alicyclic amines) is 1. The van der Waals surface area contributed by atoms with Crippen LogP contribution in [0.4, 0.5) is 0 Å². The molecular weight excluding hydrogens is 302 g/mol. The molecular formula is C19H27N3O2. The topological polar surface area (TPSA) is 45.1 Å². The fourth-order valence-electron chi connectivity index (χ4n) is 3.51. The molecule has 3 rings (SSSR count). The lowest BCUT2D eigenvalue weighted by molar-refractivity contribution is 0.0629. The molecule has 2 aliphatic rings. The second-order valence-corrected chi connectivity index (χ2v) is 6.94. The molecule has 1 aromatic rings. The highest BCUT2D eigenvalue weighted by molar-refractivity contribution is 5.95. The number of carbonyl (C=O) groups excluding carboxylic acids is 1. The zero-order chi connectivity index (χ0) is 17.1. The molecule has 0 aliphatic carbocycles. The summed E-state index contributed by atoms with van der Waals surface area (Å²) in [4.78, 5) is 21.4. The Balaban J connectivity index is 1.75. The number of fused-ring (bicyclic) bond motifs is 1. The summed E-state index contributed by atoms with van der Waals surface area (Å²) < 4.78 is 5.54. The zero-order valence-electron chi connectivity index (χ0n) is 14.7. The van der Waals surface area contributed by atoms with Gasteiger partial charge in [0, 0.05) is 18.5 Å². The monoisotopic (exact) mass is 329 g/mol. The van der Waals surface area contributed by atoms with E-state index in [4.69, 9.17) is 4.74 Å². The lowest BCUT2D eigenvalue weighted by Crippen LogP contribution is -2.43. The molecule has 5 nitrogen and oxygen atoms in total. The first-order valence-corrected chi connectivity index (χ1v) is 8.79. The number of amides is 1. The van der Waals surface area contributed by atoms with Crippen molar-refractivity contribution in [2.45, 2.75) is 32.4 Å². The minimum absolute atomic E-state index is 0.0449. The van der Waals surface area contributed by atoms with Crippen molar-refractivity contribution in [2.24, 2.45) is 10.9 Å². The Bertz CT molecular complexity index is 609. The summed E-state index contributed by atoms with van der Waals surface area (Å²) >= 11 is 0. The van der Waals surface area contributed by atoms with Gasteiger partial charge in [0.25, 0.3) is 5.91 Å². The maximum Gasteiger partial charge on any atom is 0.255 e. The summed E-state index contributed by atoms with van der Waals surface area (Å²) in [6, 6.07) is 5.75. The van der Waals surface area contributed by atoms with Crippen LogP contribution in [-0.4, -0.2) is 61.9 Å². The summed E-state index contributed by atoms with van der Waals surface area (Å²) in [5.74, 6) is 1.49. The van der Waals surface area contributed by atoms with E-state index >= 15 is 0 Å². The molecule has 1 saturated heterocycles. The molecule has 0 spiro atoms. The third kappa shape index (κ3) is 3.61. The van der Waals surface area contributed by atoms with E-state index in [1.165, 1.54) is 0 Å². The number of hydrogen-bond donors (Lipinski definition) is 0. The van der Waals surface area contributed by atoms with Crippen molar-refractivity contribution in [1.82, 2.24) is 9.80 Å². The van der Waals surface area contributed by atoms with Crippen LogP contribution < -0.4 is 4.74 Å². The highest BCUT2D eigenvalue weighted by atomic mass is 16.5. The van der Waals surface area contributed by atoms with Crippen molar-refractivity contribution in [3.8, 4) is 5.75 Å². The molecule has 0 aromatic heterocycles. The van der Waals surface area contributed by atoms with E-state index in [-0.39, 0.29) is 12.1 Å². The Morgan fingerprint density at radius 3 is 2.92 bits per heavy atom. The standard InChI is InChI=1S/C19H27N3O2/c1-14(20-2)22(13-15-6-9-21(3)10-7-15)19(23)17-4-5-18-16(12-17)8-11-24-18/h4-5,12,14-15H,2,6-11,13H2,1,3H3. The molecule has 0 N–H and O–H groups in total. The molecule has 1 fully saturated rings. The van der Waals surface area contributed by atoms with Crippen LogP contribution in [0.5, 0.6) is 5.75 Å². The van der Waals surface area contributed by atoms with Gasteiger partial charge in [-0.2, -0.15) is 0 Å². The predicted molar refractivity (Wildman–Crippen MR) is 95.9 cm³/mol. The van der Waals surface area contributed by atoms with E-state index in [0.717, 1.165) is 55.8 Å². The first-order valence-electron chi connectivity index (χ1n) is 8.79. The number of carbonyl (C=O) groups is 1. The summed E-state index contributed by atoms with van der Waals surface area (Å²) in [6.45, 7) is 9.24. The van der Waals surface area contributed by atoms with Gasteiger partial charge in [-0.3, -0.25) is 9.79 Å². The molecule has 0 saturated carbocycles. The van der Waals surface area contributed by atoms with E-state index in [1.54, 1.807) is 0 Å². The molecule has 5 heteroatoms. The van der Waals surface area contributed by atoms with Crippen LogP contribution in [0.15, 0.2) is 23.2 Å². The Hall–Kier alpha value is -1.88. The summed E-state index contributed by atoms with van der Waals surface area (Å²) in [7, 11) is 2.15. The number of rotatable bonds is 5. The largest absolute Gasteiger partial charge is 0.493 e. The van der Waals surface area contributed by atoms with Gasteiger partial charge in [-0.25, -0.2) is 0 Å². The van der Waals surface area contributed by atoms with Crippen molar-refractivity contribution in [1.29, 1.82) is 0 Å². The van der Waals surface area contributed by atoms with Crippen LogP contribution in [0.3, 0.4) is 0 Å². The smallest absolute Gasteiger partial charge is 0.255 e. The van der Waals surface area contributed by atoms with Crippen LogP contribution in [0, 0.1) is 5.92 Å². The van der Waals surface area contributed by atoms with Gasteiger partial charge in [0.1, 0.15) is 11.9 Å². The third-order valence-electron chi connectivity index (χ3n) is 5.21. The fraction of sp³-hybridized carbons (Fsp3) is 0.579. The van der Waals surface area contributed by atoms with Gasteiger partial charge >= 0.3 is 0 Å². The first-order chi connectivity index (χ1) is 11.6. The number of benzene rings is 1. The van der Waals surface area contributed by atoms with Gasteiger partial charge in [0.2, 0.25) is 0 Å². The van der Waals surface area contributed by atoms with Gasteiger partial charge in [0.05, 0.1) is 6.61 Å². The Labute approximate surface area is 144 Å². The van der Waals surface area contributed by atoms with Gasteiger partial charge in [-0.05, 0) is 76.3 Å². The fourth-order valence-corrected chi connectivity index (χ4v) is 3.51. The molecule has 2 aliphatic heterocycles. The van der Waals surface area contributed by atoms with E-state index in [9.17, 15) is 4.79 Å². The van der Waals surface area contributed by atoms with Crippen LogP contribution in [0.1, 0.15) is 35.7 Å². The van der Waals surface area contributed by atoms with Crippen molar-refractivity contribution in [2.75, 3.05) is 33.3 Å². The number of nitrogens with zero attached hydrogens (tertiary/aromatic N) is 3. The molecule has 24 heavy (non-hydrogen) atoms. The minimum Gasteiger partial charge on any atom is -0.493 e. The van der Waals surface area contributed by atoms with Gasteiger partial charge in [-0.15, -0.1) is 0 Å². The normalized spacial score (nSPS) is 19.4. The molecule has 1 amide bonds. The van der Waals surface area contributed by atoms with Crippen LogP contribution in [-0.2, 0) is 6.42 Å². The van der Waals surface area contributed by atoms with Gasteiger partial charge in [-0.1, -0.05) is 0 Å². The Morgan fingerprint density at radius 2 is 2.21 bits per heavy atom. The Kier molecular flexibility index (Phi) is 5.19. The first kappa shape index (κ1) is 17.0. The minimum atomic E-state index is -0.207. The van der Waals surface area contributed by atoms with E-state index in [0.29, 0.717) is 12.5 Å². The maximum atomic E-state index is 13.1. The number of hydrogen-bond acceptors (Lipinski definition) is 4. The lowest BCUT2D eigenvalue weighted by Gasteiger charge is -2.34. The molecule has 130 valence electrons. The molecule has 0 radical (unpaired) electrons. The van der Waals surface area contributed by atoms with Crippen molar-refractivity contribution in [3.63, 3.8) is 0 Å². The van der Waals surface area contributed by atoms with Crippen molar-refractivity contribution < 1.29 is 9.53 Å². The molecule has 1 aromatic carbocycles. The molecule has 1 atom stereocenters. The van der Waals surface area contributed by atoms with Crippen molar-refractivity contribution >= 4 is 12.6 Å². The zero-order valence-corrected chi connectivity index (χ0v) is 14.7.